The van der Waals surface area contributed by atoms with Gasteiger partial charge in [-0.2, -0.15) is 0 Å². The van der Waals surface area contributed by atoms with Crippen LogP contribution in [0.15, 0.2) is 28.9 Å². The van der Waals surface area contributed by atoms with Gasteiger partial charge in [0.2, 0.25) is 5.75 Å². The summed E-state index contributed by atoms with van der Waals surface area (Å²) in [4.78, 5) is 2.39. The molecule has 0 saturated heterocycles. The summed E-state index contributed by atoms with van der Waals surface area (Å²) in [5.74, 6) is 3.13. The Morgan fingerprint density at radius 1 is 1.09 bits per heavy atom. The molecule has 118 valence electrons. The number of hydrogen-bond donors (Lipinski definition) is 0. The maximum Gasteiger partial charge on any atom is 0.203 e. The molecule has 0 N–H and O–H groups in total. The average Bonchev–Trinajstić information content (AvgIpc) is 3.01. The SMILES string of the molecule is COc1cc(CN2CCc3occc3C2)cc(OC)c1OC. The molecule has 22 heavy (non-hydrogen) atoms. The molecule has 0 bridgehead atoms. The Morgan fingerprint density at radius 2 is 1.82 bits per heavy atom. The smallest absolute Gasteiger partial charge is 0.203 e. The van der Waals surface area contributed by atoms with E-state index >= 15 is 0 Å². The first-order chi connectivity index (χ1) is 10.7. The van der Waals surface area contributed by atoms with Crippen LogP contribution in [-0.4, -0.2) is 32.8 Å². The van der Waals surface area contributed by atoms with Crippen molar-refractivity contribution in [3.63, 3.8) is 0 Å². The van der Waals surface area contributed by atoms with Crippen molar-refractivity contribution in [3.8, 4) is 17.2 Å². The lowest BCUT2D eigenvalue weighted by molar-refractivity contribution is 0.233. The number of furan rings is 1. The number of benzene rings is 1. The van der Waals surface area contributed by atoms with E-state index in [2.05, 4.69) is 11.0 Å². The summed E-state index contributed by atoms with van der Waals surface area (Å²) in [6.45, 7) is 2.72. The van der Waals surface area contributed by atoms with E-state index in [-0.39, 0.29) is 0 Å². The van der Waals surface area contributed by atoms with Crippen molar-refractivity contribution in [3.05, 3.63) is 41.3 Å². The van der Waals surface area contributed by atoms with Gasteiger partial charge in [0.15, 0.2) is 11.5 Å². The zero-order valence-corrected chi connectivity index (χ0v) is 13.2. The minimum absolute atomic E-state index is 0.629. The Labute approximate surface area is 130 Å². The molecular formula is C17H21NO4. The molecule has 0 radical (unpaired) electrons. The van der Waals surface area contributed by atoms with Crippen molar-refractivity contribution < 1.29 is 18.6 Å². The molecule has 5 nitrogen and oxygen atoms in total. The maximum atomic E-state index is 5.47. The molecular weight excluding hydrogens is 282 g/mol. The van der Waals surface area contributed by atoms with Gasteiger partial charge in [0.05, 0.1) is 27.6 Å². The third-order valence-electron chi connectivity index (χ3n) is 4.02. The summed E-state index contributed by atoms with van der Waals surface area (Å²) >= 11 is 0. The van der Waals surface area contributed by atoms with Crippen LogP contribution in [0.5, 0.6) is 17.2 Å². The fourth-order valence-corrected chi connectivity index (χ4v) is 2.93. The number of rotatable bonds is 5. The normalized spacial score (nSPS) is 14.5. The van der Waals surface area contributed by atoms with E-state index in [1.165, 1.54) is 5.56 Å². The van der Waals surface area contributed by atoms with Gasteiger partial charge in [0.25, 0.3) is 0 Å². The summed E-state index contributed by atoms with van der Waals surface area (Å²) < 4.78 is 21.7. The van der Waals surface area contributed by atoms with Gasteiger partial charge in [0, 0.05) is 31.6 Å². The lowest BCUT2D eigenvalue weighted by Gasteiger charge is -2.26. The molecule has 0 spiro atoms. The Hall–Kier alpha value is -2.14. The molecule has 2 aromatic rings. The highest BCUT2D eigenvalue weighted by atomic mass is 16.5. The third-order valence-corrected chi connectivity index (χ3v) is 4.02. The van der Waals surface area contributed by atoms with Crippen LogP contribution in [0.1, 0.15) is 16.9 Å². The van der Waals surface area contributed by atoms with Gasteiger partial charge >= 0.3 is 0 Å². The average molecular weight is 303 g/mol. The Bertz CT molecular complexity index is 625. The van der Waals surface area contributed by atoms with E-state index in [0.717, 1.165) is 37.4 Å². The molecule has 1 aliphatic rings. The van der Waals surface area contributed by atoms with Crippen molar-refractivity contribution in [2.45, 2.75) is 19.5 Å². The second-order valence-corrected chi connectivity index (χ2v) is 5.36. The lowest BCUT2D eigenvalue weighted by atomic mass is 10.1. The molecule has 5 heteroatoms. The van der Waals surface area contributed by atoms with Crippen LogP contribution in [0.4, 0.5) is 0 Å². The Balaban J connectivity index is 1.81. The highest BCUT2D eigenvalue weighted by molar-refractivity contribution is 5.53. The second-order valence-electron chi connectivity index (χ2n) is 5.36. The number of hydrogen-bond acceptors (Lipinski definition) is 5. The number of fused-ring (bicyclic) bond motifs is 1. The first kappa shape index (κ1) is 14.8. The first-order valence-corrected chi connectivity index (χ1v) is 7.31. The van der Waals surface area contributed by atoms with Crippen LogP contribution in [0.3, 0.4) is 0 Å². The molecule has 0 unspecified atom stereocenters. The number of methoxy groups -OCH3 is 3. The van der Waals surface area contributed by atoms with E-state index < -0.39 is 0 Å². The zero-order valence-electron chi connectivity index (χ0n) is 13.2. The molecule has 2 heterocycles. The highest BCUT2D eigenvalue weighted by Gasteiger charge is 2.20. The monoisotopic (exact) mass is 303 g/mol. The molecule has 1 aromatic heterocycles. The van der Waals surface area contributed by atoms with E-state index in [4.69, 9.17) is 18.6 Å². The molecule has 0 aliphatic carbocycles. The summed E-state index contributed by atoms with van der Waals surface area (Å²) in [6, 6.07) is 6.06. The maximum absolute atomic E-state index is 5.47. The predicted molar refractivity (Wildman–Crippen MR) is 82.6 cm³/mol. The standard InChI is InChI=1S/C17H21NO4/c1-19-15-8-12(9-16(20-2)17(15)21-3)10-18-6-4-14-13(11-18)5-7-22-14/h5,7-9H,4,6,10-11H2,1-3H3. The summed E-state index contributed by atoms with van der Waals surface area (Å²) in [6.07, 6.45) is 2.72. The summed E-state index contributed by atoms with van der Waals surface area (Å²) in [5.41, 5.74) is 2.42. The van der Waals surface area contributed by atoms with Gasteiger partial charge in [-0.25, -0.2) is 0 Å². The quantitative estimate of drug-likeness (QED) is 0.850. The van der Waals surface area contributed by atoms with Gasteiger partial charge in [-0.15, -0.1) is 0 Å². The largest absolute Gasteiger partial charge is 0.493 e. The van der Waals surface area contributed by atoms with Crippen molar-refractivity contribution in [2.24, 2.45) is 0 Å². The molecule has 0 saturated carbocycles. The van der Waals surface area contributed by atoms with Crippen LogP contribution in [0.25, 0.3) is 0 Å². The van der Waals surface area contributed by atoms with Crippen LogP contribution in [-0.2, 0) is 19.5 Å². The van der Waals surface area contributed by atoms with E-state index in [1.54, 1.807) is 27.6 Å². The highest BCUT2D eigenvalue weighted by Crippen LogP contribution is 2.38. The second kappa shape index (κ2) is 6.32. The minimum Gasteiger partial charge on any atom is -0.493 e. The predicted octanol–water partition coefficient (Wildman–Crippen LogP) is 2.86. The van der Waals surface area contributed by atoms with Crippen molar-refractivity contribution in [1.29, 1.82) is 0 Å². The van der Waals surface area contributed by atoms with Gasteiger partial charge in [-0.3, -0.25) is 4.90 Å². The van der Waals surface area contributed by atoms with Crippen molar-refractivity contribution >= 4 is 0 Å². The molecule has 0 amide bonds. The van der Waals surface area contributed by atoms with E-state index in [1.807, 2.05) is 12.1 Å². The van der Waals surface area contributed by atoms with Crippen molar-refractivity contribution in [2.75, 3.05) is 27.9 Å². The Kier molecular flexibility index (Phi) is 4.24. The number of nitrogens with zero attached hydrogens (tertiary/aromatic N) is 1. The molecule has 1 aromatic carbocycles. The van der Waals surface area contributed by atoms with Crippen LogP contribution in [0.2, 0.25) is 0 Å². The molecule has 0 fully saturated rings. The third kappa shape index (κ3) is 2.76. The van der Waals surface area contributed by atoms with E-state index in [0.29, 0.717) is 17.2 Å². The van der Waals surface area contributed by atoms with Crippen molar-refractivity contribution in [1.82, 2.24) is 4.90 Å². The minimum atomic E-state index is 0.629. The first-order valence-electron chi connectivity index (χ1n) is 7.31. The van der Waals surface area contributed by atoms with Crippen LogP contribution in [0, 0.1) is 0 Å². The molecule has 3 rings (SSSR count). The summed E-state index contributed by atoms with van der Waals surface area (Å²) in [7, 11) is 4.89. The van der Waals surface area contributed by atoms with Gasteiger partial charge in [-0.1, -0.05) is 0 Å². The fourth-order valence-electron chi connectivity index (χ4n) is 2.93. The van der Waals surface area contributed by atoms with E-state index in [9.17, 15) is 0 Å². The van der Waals surface area contributed by atoms with Gasteiger partial charge in [-0.05, 0) is 23.8 Å². The van der Waals surface area contributed by atoms with Gasteiger partial charge < -0.3 is 18.6 Å². The molecule has 0 atom stereocenters. The van der Waals surface area contributed by atoms with Crippen LogP contribution >= 0.6 is 0 Å². The topological polar surface area (TPSA) is 44.1 Å². The van der Waals surface area contributed by atoms with Crippen LogP contribution < -0.4 is 14.2 Å². The molecule has 1 aliphatic heterocycles. The zero-order chi connectivity index (χ0) is 15.5. The lowest BCUT2D eigenvalue weighted by Crippen LogP contribution is -2.29. The fraction of sp³-hybridized carbons (Fsp3) is 0.412. The summed E-state index contributed by atoms with van der Waals surface area (Å²) in [5, 5.41) is 0. The Morgan fingerprint density at radius 3 is 2.45 bits per heavy atom. The number of ether oxygens (including phenoxy) is 3. The van der Waals surface area contributed by atoms with Gasteiger partial charge in [0.1, 0.15) is 5.76 Å².